The van der Waals surface area contributed by atoms with Crippen molar-refractivity contribution in [2.45, 2.75) is 26.0 Å². The van der Waals surface area contributed by atoms with Gasteiger partial charge in [0.1, 0.15) is 12.6 Å². The van der Waals surface area contributed by atoms with E-state index in [4.69, 9.17) is 15.2 Å². The number of carbonyl (C=O) groups is 3. The molecule has 1 aromatic rings. The SMILES string of the molecule is CCOC(=O)[C@H](CC(N)=O)NC(=O)OCc1ccccc1. The predicted octanol–water partition coefficient (Wildman–Crippen LogP) is 0.720. The van der Waals surface area contributed by atoms with Gasteiger partial charge in [-0.25, -0.2) is 9.59 Å². The minimum atomic E-state index is -1.15. The number of nitrogens with two attached hydrogens (primary N) is 1. The molecule has 114 valence electrons. The zero-order valence-corrected chi connectivity index (χ0v) is 11.7. The summed E-state index contributed by atoms with van der Waals surface area (Å²) >= 11 is 0. The molecule has 0 unspecified atom stereocenters. The molecule has 1 rings (SSSR count). The minimum Gasteiger partial charge on any atom is -0.464 e. The molecule has 0 saturated heterocycles. The molecule has 1 aromatic carbocycles. The summed E-state index contributed by atoms with van der Waals surface area (Å²) in [5.74, 6) is -1.45. The Morgan fingerprint density at radius 1 is 1.19 bits per heavy atom. The van der Waals surface area contributed by atoms with Crippen LogP contribution in [0.25, 0.3) is 0 Å². The van der Waals surface area contributed by atoms with Gasteiger partial charge in [0, 0.05) is 0 Å². The Kier molecular flexibility index (Phi) is 6.73. The van der Waals surface area contributed by atoms with Crippen molar-refractivity contribution in [3.8, 4) is 0 Å². The number of esters is 1. The zero-order valence-electron chi connectivity index (χ0n) is 11.7. The molecule has 0 aliphatic heterocycles. The largest absolute Gasteiger partial charge is 0.464 e. The van der Waals surface area contributed by atoms with Gasteiger partial charge >= 0.3 is 12.1 Å². The van der Waals surface area contributed by atoms with E-state index in [1.807, 2.05) is 18.2 Å². The van der Waals surface area contributed by atoms with E-state index in [1.54, 1.807) is 19.1 Å². The van der Waals surface area contributed by atoms with Crippen molar-refractivity contribution in [3.63, 3.8) is 0 Å². The van der Waals surface area contributed by atoms with Crippen molar-refractivity contribution in [2.75, 3.05) is 6.61 Å². The fraction of sp³-hybridized carbons (Fsp3) is 0.357. The van der Waals surface area contributed by atoms with E-state index in [0.717, 1.165) is 5.56 Å². The monoisotopic (exact) mass is 294 g/mol. The summed E-state index contributed by atoms with van der Waals surface area (Å²) in [5.41, 5.74) is 5.83. The Morgan fingerprint density at radius 2 is 1.86 bits per heavy atom. The van der Waals surface area contributed by atoms with Gasteiger partial charge in [-0.15, -0.1) is 0 Å². The highest BCUT2D eigenvalue weighted by Gasteiger charge is 2.24. The van der Waals surface area contributed by atoms with E-state index < -0.39 is 24.0 Å². The maximum atomic E-state index is 11.6. The highest BCUT2D eigenvalue weighted by Crippen LogP contribution is 2.02. The molecule has 2 amide bonds. The van der Waals surface area contributed by atoms with E-state index in [1.165, 1.54) is 0 Å². The fourth-order valence-corrected chi connectivity index (χ4v) is 1.54. The number of amides is 2. The van der Waals surface area contributed by atoms with E-state index in [2.05, 4.69) is 5.32 Å². The van der Waals surface area contributed by atoms with Gasteiger partial charge in [0.25, 0.3) is 0 Å². The third-order valence-electron chi connectivity index (χ3n) is 2.48. The molecule has 0 fully saturated rings. The van der Waals surface area contributed by atoms with Gasteiger partial charge in [-0.1, -0.05) is 30.3 Å². The summed E-state index contributed by atoms with van der Waals surface area (Å²) in [5, 5.41) is 2.27. The van der Waals surface area contributed by atoms with E-state index in [-0.39, 0.29) is 19.6 Å². The molecular formula is C14H18N2O5. The minimum absolute atomic E-state index is 0.0544. The van der Waals surface area contributed by atoms with E-state index in [0.29, 0.717) is 0 Å². The van der Waals surface area contributed by atoms with Gasteiger partial charge in [0.15, 0.2) is 0 Å². The lowest BCUT2D eigenvalue weighted by molar-refractivity contribution is -0.146. The normalized spacial score (nSPS) is 11.3. The number of benzene rings is 1. The zero-order chi connectivity index (χ0) is 15.7. The summed E-state index contributed by atoms with van der Waals surface area (Å²) < 4.78 is 9.71. The quantitative estimate of drug-likeness (QED) is 0.720. The smallest absolute Gasteiger partial charge is 0.408 e. The molecular weight excluding hydrogens is 276 g/mol. The van der Waals surface area contributed by atoms with Crippen LogP contribution in [0.4, 0.5) is 4.79 Å². The second-order valence-corrected chi connectivity index (χ2v) is 4.18. The predicted molar refractivity (Wildman–Crippen MR) is 74.0 cm³/mol. The number of rotatable bonds is 7. The van der Waals surface area contributed by atoms with Crippen molar-refractivity contribution in [2.24, 2.45) is 5.73 Å². The van der Waals surface area contributed by atoms with Crippen LogP contribution < -0.4 is 11.1 Å². The third kappa shape index (κ3) is 6.42. The van der Waals surface area contributed by atoms with Crippen molar-refractivity contribution in [1.82, 2.24) is 5.32 Å². The molecule has 0 spiro atoms. The lowest BCUT2D eigenvalue weighted by Gasteiger charge is -2.15. The molecule has 0 radical (unpaired) electrons. The summed E-state index contributed by atoms with van der Waals surface area (Å²) in [6, 6.07) is 7.90. The van der Waals surface area contributed by atoms with Gasteiger partial charge in [0.05, 0.1) is 13.0 Å². The summed E-state index contributed by atoms with van der Waals surface area (Å²) in [4.78, 5) is 34.1. The van der Waals surface area contributed by atoms with Crippen LogP contribution >= 0.6 is 0 Å². The first-order valence-corrected chi connectivity index (χ1v) is 6.45. The maximum Gasteiger partial charge on any atom is 0.408 e. The van der Waals surface area contributed by atoms with Gasteiger partial charge < -0.3 is 20.5 Å². The molecule has 0 bridgehead atoms. The van der Waals surface area contributed by atoms with Gasteiger partial charge in [-0.3, -0.25) is 4.79 Å². The standard InChI is InChI=1S/C14H18N2O5/c1-2-20-13(18)11(8-12(15)17)16-14(19)21-9-10-6-4-3-5-7-10/h3-7,11H,2,8-9H2,1H3,(H2,15,17)(H,16,19)/t11-/m0/s1. The number of alkyl carbamates (subject to hydrolysis) is 1. The Hall–Kier alpha value is -2.57. The molecule has 0 aromatic heterocycles. The second-order valence-electron chi connectivity index (χ2n) is 4.18. The average molecular weight is 294 g/mol. The van der Waals surface area contributed by atoms with Crippen LogP contribution in [-0.2, 0) is 25.7 Å². The van der Waals surface area contributed by atoms with Crippen molar-refractivity contribution in [3.05, 3.63) is 35.9 Å². The van der Waals surface area contributed by atoms with Crippen molar-refractivity contribution < 1.29 is 23.9 Å². The van der Waals surface area contributed by atoms with Crippen LogP contribution in [0.3, 0.4) is 0 Å². The van der Waals surface area contributed by atoms with Crippen molar-refractivity contribution >= 4 is 18.0 Å². The first-order valence-electron chi connectivity index (χ1n) is 6.45. The number of hydrogen-bond acceptors (Lipinski definition) is 5. The molecule has 0 heterocycles. The molecule has 7 nitrogen and oxygen atoms in total. The topological polar surface area (TPSA) is 108 Å². The molecule has 0 aliphatic carbocycles. The highest BCUT2D eigenvalue weighted by atomic mass is 16.6. The number of nitrogens with one attached hydrogen (secondary N) is 1. The van der Waals surface area contributed by atoms with E-state index in [9.17, 15) is 14.4 Å². The fourth-order valence-electron chi connectivity index (χ4n) is 1.54. The summed E-state index contributed by atoms with van der Waals surface area (Å²) in [7, 11) is 0. The van der Waals surface area contributed by atoms with Crippen LogP contribution in [0.15, 0.2) is 30.3 Å². The molecule has 3 N–H and O–H groups in total. The Balaban J connectivity index is 2.51. The van der Waals surface area contributed by atoms with Crippen LogP contribution in [0.1, 0.15) is 18.9 Å². The third-order valence-corrected chi connectivity index (χ3v) is 2.48. The molecule has 7 heteroatoms. The second kappa shape index (κ2) is 8.57. The molecule has 0 saturated carbocycles. The lowest BCUT2D eigenvalue weighted by atomic mass is 10.2. The summed E-state index contributed by atoms with van der Waals surface area (Å²) in [6.07, 6.45) is -1.17. The average Bonchev–Trinajstić information content (AvgIpc) is 2.45. The van der Waals surface area contributed by atoms with Gasteiger partial charge in [0.2, 0.25) is 5.91 Å². The van der Waals surface area contributed by atoms with E-state index >= 15 is 0 Å². The molecule has 0 aliphatic rings. The van der Waals surface area contributed by atoms with Gasteiger partial charge in [-0.2, -0.15) is 0 Å². The van der Waals surface area contributed by atoms with Crippen LogP contribution in [0.5, 0.6) is 0 Å². The Bertz CT molecular complexity index is 489. The Morgan fingerprint density at radius 3 is 2.43 bits per heavy atom. The number of hydrogen-bond donors (Lipinski definition) is 2. The number of carbonyl (C=O) groups excluding carboxylic acids is 3. The van der Waals surface area contributed by atoms with Crippen LogP contribution in [-0.4, -0.2) is 30.6 Å². The maximum absolute atomic E-state index is 11.6. The summed E-state index contributed by atoms with van der Waals surface area (Å²) in [6.45, 7) is 1.81. The number of ether oxygens (including phenoxy) is 2. The lowest BCUT2D eigenvalue weighted by Crippen LogP contribution is -2.44. The molecule has 21 heavy (non-hydrogen) atoms. The highest BCUT2D eigenvalue weighted by molar-refractivity contribution is 5.87. The first-order chi connectivity index (χ1) is 10.0. The number of primary amides is 1. The van der Waals surface area contributed by atoms with Crippen LogP contribution in [0.2, 0.25) is 0 Å². The van der Waals surface area contributed by atoms with Crippen molar-refractivity contribution in [1.29, 1.82) is 0 Å². The molecule has 1 atom stereocenters. The van der Waals surface area contributed by atoms with Gasteiger partial charge in [-0.05, 0) is 12.5 Å². The van der Waals surface area contributed by atoms with Crippen LogP contribution in [0, 0.1) is 0 Å². The Labute approximate surface area is 122 Å². The first kappa shape index (κ1) is 16.5.